The van der Waals surface area contributed by atoms with Crippen molar-refractivity contribution in [2.24, 2.45) is 0 Å². The summed E-state index contributed by atoms with van der Waals surface area (Å²) in [5.41, 5.74) is 2.38. The maximum atomic E-state index is 11.7. The first kappa shape index (κ1) is 14.5. The zero-order valence-corrected chi connectivity index (χ0v) is 11.3. The minimum Gasteiger partial charge on any atom is -0.508 e. The van der Waals surface area contributed by atoms with Crippen LogP contribution in [0.4, 0.5) is 0 Å². The monoisotopic (exact) mass is 248 g/mol. The Hall–Kier alpha value is -1.61. The Morgan fingerprint density at radius 1 is 1.33 bits per heavy atom. The quantitative estimate of drug-likeness (QED) is 0.805. The summed E-state index contributed by atoms with van der Waals surface area (Å²) >= 11 is 0. The third kappa shape index (κ3) is 3.44. The molecule has 2 N–H and O–H groups in total. The van der Waals surface area contributed by atoms with Crippen molar-refractivity contribution in [3.05, 3.63) is 41.0 Å². The van der Waals surface area contributed by atoms with Gasteiger partial charge in [-0.25, -0.2) is 0 Å². The van der Waals surface area contributed by atoms with Crippen LogP contribution in [0.2, 0.25) is 0 Å². The van der Waals surface area contributed by atoms with Crippen molar-refractivity contribution in [3.63, 3.8) is 0 Å². The fourth-order valence-corrected chi connectivity index (χ4v) is 1.71. The van der Waals surface area contributed by atoms with Gasteiger partial charge in [0, 0.05) is 5.92 Å². The summed E-state index contributed by atoms with van der Waals surface area (Å²) in [6.45, 7) is 7.19. The van der Waals surface area contributed by atoms with Gasteiger partial charge in [0.15, 0.2) is 5.78 Å². The topological polar surface area (TPSA) is 57.5 Å². The second-order valence-corrected chi connectivity index (χ2v) is 4.90. The van der Waals surface area contributed by atoms with Crippen molar-refractivity contribution in [1.29, 1.82) is 0 Å². The first-order valence-corrected chi connectivity index (χ1v) is 5.99. The summed E-state index contributed by atoms with van der Waals surface area (Å²) in [6, 6.07) is 5.19. The number of ketones is 1. The number of phenols is 1. The third-order valence-corrected chi connectivity index (χ3v) is 2.96. The van der Waals surface area contributed by atoms with Gasteiger partial charge in [0.05, 0.1) is 0 Å². The van der Waals surface area contributed by atoms with Crippen molar-refractivity contribution in [2.75, 3.05) is 0 Å². The van der Waals surface area contributed by atoms with Crippen LogP contribution in [-0.2, 0) is 4.79 Å². The maximum absolute atomic E-state index is 11.7. The Kier molecular flexibility index (Phi) is 4.68. The number of benzene rings is 1. The highest BCUT2D eigenvalue weighted by atomic mass is 16.3. The number of aryl methyl sites for hydroxylation is 1. The van der Waals surface area contributed by atoms with Crippen LogP contribution < -0.4 is 0 Å². The van der Waals surface area contributed by atoms with Gasteiger partial charge in [0.25, 0.3) is 0 Å². The zero-order chi connectivity index (χ0) is 13.9. The minimum absolute atomic E-state index is 0.182. The molecule has 98 valence electrons. The molecule has 0 saturated carbocycles. The van der Waals surface area contributed by atoms with E-state index in [-0.39, 0.29) is 17.5 Å². The van der Waals surface area contributed by atoms with Gasteiger partial charge in [-0.15, -0.1) is 0 Å². The summed E-state index contributed by atoms with van der Waals surface area (Å²) in [5.74, 6) is -0.469. The average Bonchev–Trinajstić information content (AvgIpc) is 2.30. The highest BCUT2D eigenvalue weighted by Crippen LogP contribution is 2.26. The van der Waals surface area contributed by atoms with Crippen LogP contribution in [0.1, 0.15) is 37.8 Å². The highest BCUT2D eigenvalue weighted by molar-refractivity contribution is 5.94. The van der Waals surface area contributed by atoms with E-state index in [1.807, 2.05) is 19.9 Å². The van der Waals surface area contributed by atoms with Crippen molar-refractivity contribution < 1.29 is 15.0 Å². The SMILES string of the molecule is CC(C)=CC(=O)C(O)C(C)c1ccc(C)c(O)c1. The number of rotatable bonds is 4. The molecule has 0 aliphatic rings. The van der Waals surface area contributed by atoms with Crippen LogP contribution in [0.3, 0.4) is 0 Å². The number of aromatic hydroxyl groups is 1. The van der Waals surface area contributed by atoms with Crippen LogP contribution in [0.25, 0.3) is 0 Å². The van der Waals surface area contributed by atoms with E-state index >= 15 is 0 Å². The predicted molar refractivity (Wildman–Crippen MR) is 71.7 cm³/mol. The summed E-state index contributed by atoms with van der Waals surface area (Å²) in [5, 5.41) is 19.6. The molecule has 0 aliphatic heterocycles. The van der Waals surface area contributed by atoms with Gasteiger partial charge in [0.1, 0.15) is 11.9 Å². The molecule has 2 unspecified atom stereocenters. The molecule has 0 saturated heterocycles. The average molecular weight is 248 g/mol. The minimum atomic E-state index is -1.08. The van der Waals surface area contributed by atoms with Crippen molar-refractivity contribution in [3.8, 4) is 5.75 Å². The van der Waals surface area contributed by atoms with E-state index in [9.17, 15) is 15.0 Å². The van der Waals surface area contributed by atoms with Crippen LogP contribution in [-0.4, -0.2) is 22.1 Å². The smallest absolute Gasteiger partial charge is 0.184 e. The van der Waals surface area contributed by atoms with Crippen molar-refractivity contribution >= 4 is 5.78 Å². The number of aliphatic hydroxyl groups excluding tert-OH is 1. The largest absolute Gasteiger partial charge is 0.508 e. The van der Waals surface area contributed by atoms with Crippen LogP contribution >= 0.6 is 0 Å². The molecule has 0 radical (unpaired) electrons. The molecule has 0 fully saturated rings. The van der Waals surface area contributed by atoms with Crippen molar-refractivity contribution in [2.45, 2.75) is 39.7 Å². The summed E-state index contributed by atoms with van der Waals surface area (Å²) < 4.78 is 0. The second-order valence-electron chi connectivity index (χ2n) is 4.90. The summed E-state index contributed by atoms with van der Waals surface area (Å²) in [7, 11) is 0. The number of phenolic OH excluding ortho intramolecular Hbond substituents is 1. The number of carbonyl (C=O) groups is 1. The lowest BCUT2D eigenvalue weighted by atomic mass is 9.91. The molecule has 0 amide bonds. The standard InChI is InChI=1S/C15H20O3/c1-9(2)7-14(17)15(18)11(4)12-6-5-10(3)13(16)8-12/h5-8,11,15-16,18H,1-4H3. The van der Waals surface area contributed by atoms with E-state index in [4.69, 9.17) is 0 Å². The molecular weight excluding hydrogens is 228 g/mol. The van der Waals surface area contributed by atoms with E-state index < -0.39 is 6.10 Å². The van der Waals surface area contributed by atoms with E-state index in [0.717, 1.165) is 16.7 Å². The van der Waals surface area contributed by atoms with Gasteiger partial charge in [-0.2, -0.15) is 0 Å². The van der Waals surface area contributed by atoms with Gasteiger partial charge in [0.2, 0.25) is 0 Å². The van der Waals surface area contributed by atoms with E-state index in [1.54, 1.807) is 26.0 Å². The molecule has 0 aromatic heterocycles. The molecule has 1 rings (SSSR count). The Labute approximate surface area is 108 Å². The molecule has 0 aliphatic carbocycles. The molecule has 3 nitrogen and oxygen atoms in total. The van der Waals surface area contributed by atoms with Crippen LogP contribution in [0.5, 0.6) is 5.75 Å². The van der Waals surface area contributed by atoms with E-state index in [2.05, 4.69) is 0 Å². The second kappa shape index (κ2) is 5.83. The first-order chi connectivity index (χ1) is 8.32. The Morgan fingerprint density at radius 2 is 1.94 bits per heavy atom. The van der Waals surface area contributed by atoms with Gasteiger partial charge in [-0.1, -0.05) is 24.6 Å². The van der Waals surface area contributed by atoms with Gasteiger partial charge in [-0.3, -0.25) is 4.79 Å². The fraction of sp³-hybridized carbons (Fsp3) is 0.400. The lowest BCUT2D eigenvalue weighted by molar-refractivity contribution is -0.123. The fourth-order valence-electron chi connectivity index (χ4n) is 1.71. The van der Waals surface area contributed by atoms with Crippen molar-refractivity contribution in [1.82, 2.24) is 0 Å². The predicted octanol–water partition coefficient (Wildman–Crippen LogP) is 2.70. The molecule has 2 atom stereocenters. The van der Waals surface area contributed by atoms with Gasteiger partial charge < -0.3 is 10.2 Å². The molecule has 0 spiro atoms. The third-order valence-electron chi connectivity index (χ3n) is 2.96. The number of allylic oxidation sites excluding steroid dienone is 1. The number of carbonyl (C=O) groups excluding carboxylic acids is 1. The maximum Gasteiger partial charge on any atom is 0.184 e. The molecule has 0 heterocycles. The van der Waals surface area contributed by atoms with Gasteiger partial charge in [-0.05, 0) is 44.0 Å². The summed E-state index contributed by atoms with van der Waals surface area (Å²) in [6.07, 6.45) is 0.358. The Bertz CT molecular complexity index is 471. The van der Waals surface area contributed by atoms with E-state index in [0.29, 0.717) is 0 Å². The highest BCUT2D eigenvalue weighted by Gasteiger charge is 2.22. The molecule has 0 bridgehead atoms. The first-order valence-electron chi connectivity index (χ1n) is 5.99. The molecule has 18 heavy (non-hydrogen) atoms. The van der Waals surface area contributed by atoms with Crippen LogP contribution in [0, 0.1) is 6.92 Å². The molecule has 3 heteroatoms. The number of aliphatic hydroxyl groups is 1. The molecule has 1 aromatic carbocycles. The zero-order valence-electron chi connectivity index (χ0n) is 11.3. The van der Waals surface area contributed by atoms with Gasteiger partial charge >= 0.3 is 0 Å². The van der Waals surface area contributed by atoms with E-state index in [1.165, 1.54) is 6.08 Å². The number of hydrogen-bond acceptors (Lipinski definition) is 3. The molecule has 1 aromatic rings. The van der Waals surface area contributed by atoms with Crippen LogP contribution in [0.15, 0.2) is 29.8 Å². The number of hydrogen-bond donors (Lipinski definition) is 2. The lowest BCUT2D eigenvalue weighted by Crippen LogP contribution is -2.25. The summed E-state index contributed by atoms with van der Waals surface area (Å²) in [4.78, 5) is 11.7. The molecular formula is C15H20O3. The Morgan fingerprint density at radius 3 is 2.44 bits per heavy atom. The Balaban J connectivity index is 2.92. The normalized spacial score (nSPS) is 13.8. The lowest BCUT2D eigenvalue weighted by Gasteiger charge is -2.17.